The van der Waals surface area contributed by atoms with Crippen LogP contribution in [0, 0.1) is 0 Å². The third-order valence-electron chi connectivity index (χ3n) is 7.63. The number of para-hydroxylation sites is 1. The summed E-state index contributed by atoms with van der Waals surface area (Å²) in [5.41, 5.74) is 3.19. The first-order valence-electron chi connectivity index (χ1n) is 16.1. The standard InChI is InChI=1S/C23H21ClN2O4.C15H18N2O3/c1-13(2)29-23(27)22-16(12-28-3)20-18(11-25-22)26-17-5-4-6-19(21(17)20)30-15-9-7-14(24)8-10-15;1-3-8-16-15(19)12-9-17(10-20-2)13-7-5-4-6-11(13)14(12)18/h4-11,13,26H,12H2,1-3H3;4-7,9H,3,8,10H2,1-2H3,(H,16,19). The summed E-state index contributed by atoms with van der Waals surface area (Å²) in [5, 5.41) is 5.55. The summed E-state index contributed by atoms with van der Waals surface area (Å²) in [4.78, 5) is 44.8. The van der Waals surface area contributed by atoms with Gasteiger partial charge in [0.2, 0.25) is 5.43 Å². The molecule has 0 aliphatic carbocycles. The van der Waals surface area contributed by atoms with E-state index >= 15 is 0 Å². The van der Waals surface area contributed by atoms with Crippen LogP contribution in [0.5, 0.6) is 11.5 Å². The number of carbonyl (C=O) groups excluding carboxylic acids is 2. The van der Waals surface area contributed by atoms with Gasteiger partial charge in [0.25, 0.3) is 5.91 Å². The third-order valence-corrected chi connectivity index (χ3v) is 7.88. The van der Waals surface area contributed by atoms with E-state index in [-0.39, 0.29) is 42.0 Å². The molecular formula is C38H39ClN4O7. The molecule has 0 saturated carbocycles. The van der Waals surface area contributed by atoms with E-state index in [1.54, 1.807) is 81.4 Å². The maximum Gasteiger partial charge on any atom is 0.357 e. The molecule has 3 aromatic heterocycles. The van der Waals surface area contributed by atoms with Gasteiger partial charge >= 0.3 is 5.97 Å². The van der Waals surface area contributed by atoms with Crippen molar-refractivity contribution in [1.82, 2.24) is 19.9 Å². The van der Waals surface area contributed by atoms with Crippen molar-refractivity contribution >= 4 is 56.2 Å². The summed E-state index contributed by atoms with van der Waals surface area (Å²) in [5.74, 6) is 0.479. The van der Waals surface area contributed by atoms with Crippen LogP contribution in [0.2, 0.25) is 5.02 Å². The Morgan fingerprint density at radius 3 is 2.42 bits per heavy atom. The second-order valence-corrected chi connectivity index (χ2v) is 12.1. The van der Waals surface area contributed by atoms with Gasteiger partial charge in [-0.2, -0.15) is 0 Å². The Morgan fingerprint density at radius 1 is 0.960 bits per heavy atom. The molecule has 0 radical (unpaired) electrons. The van der Waals surface area contributed by atoms with Gasteiger partial charge in [0.15, 0.2) is 5.69 Å². The highest BCUT2D eigenvalue weighted by Crippen LogP contribution is 2.38. The van der Waals surface area contributed by atoms with Gasteiger partial charge in [0, 0.05) is 48.3 Å². The van der Waals surface area contributed by atoms with E-state index in [2.05, 4.69) is 15.3 Å². The maximum absolute atomic E-state index is 12.7. The van der Waals surface area contributed by atoms with Crippen LogP contribution in [-0.4, -0.2) is 53.3 Å². The molecule has 6 rings (SSSR count). The minimum atomic E-state index is -0.482. The number of nitrogens with one attached hydrogen (secondary N) is 2. The van der Waals surface area contributed by atoms with Gasteiger partial charge in [-0.25, -0.2) is 9.78 Å². The van der Waals surface area contributed by atoms with Crippen LogP contribution in [0.25, 0.3) is 32.7 Å². The van der Waals surface area contributed by atoms with E-state index in [4.69, 9.17) is 30.5 Å². The van der Waals surface area contributed by atoms with Gasteiger partial charge in [-0.05, 0) is 68.8 Å². The summed E-state index contributed by atoms with van der Waals surface area (Å²) in [6.07, 6.45) is 3.76. The van der Waals surface area contributed by atoms with Crippen LogP contribution in [0.1, 0.15) is 53.6 Å². The molecule has 0 spiro atoms. The van der Waals surface area contributed by atoms with Crippen LogP contribution >= 0.6 is 11.6 Å². The molecule has 0 fully saturated rings. The molecule has 50 heavy (non-hydrogen) atoms. The molecule has 0 aliphatic rings. The Labute approximate surface area is 294 Å². The fourth-order valence-corrected chi connectivity index (χ4v) is 5.63. The summed E-state index contributed by atoms with van der Waals surface area (Å²) in [6.45, 7) is 6.61. The molecule has 1 amide bonds. The van der Waals surface area contributed by atoms with Gasteiger partial charge in [-0.15, -0.1) is 0 Å². The topological polar surface area (TPSA) is 134 Å². The molecule has 0 bridgehead atoms. The number of halogens is 1. The monoisotopic (exact) mass is 698 g/mol. The number of amides is 1. The van der Waals surface area contributed by atoms with Crippen molar-refractivity contribution in [2.75, 3.05) is 20.8 Å². The molecule has 0 atom stereocenters. The lowest BCUT2D eigenvalue weighted by atomic mass is 10.0. The molecule has 3 heterocycles. The van der Waals surface area contributed by atoms with Crippen LogP contribution in [0.3, 0.4) is 0 Å². The van der Waals surface area contributed by atoms with Gasteiger partial charge in [-0.1, -0.05) is 36.7 Å². The maximum atomic E-state index is 12.7. The van der Waals surface area contributed by atoms with Crippen LogP contribution in [0.4, 0.5) is 0 Å². The lowest BCUT2D eigenvalue weighted by molar-refractivity contribution is 0.0366. The van der Waals surface area contributed by atoms with Gasteiger partial charge in [0.1, 0.15) is 23.8 Å². The fourth-order valence-electron chi connectivity index (χ4n) is 5.50. The number of benzene rings is 3. The second kappa shape index (κ2) is 16.4. The Kier molecular flexibility index (Phi) is 11.9. The molecule has 2 N–H and O–H groups in total. The predicted molar refractivity (Wildman–Crippen MR) is 194 cm³/mol. The first-order chi connectivity index (χ1) is 24.2. The highest BCUT2D eigenvalue weighted by molar-refractivity contribution is 6.30. The van der Waals surface area contributed by atoms with Crippen LogP contribution < -0.4 is 15.5 Å². The average molecular weight is 699 g/mol. The van der Waals surface area contributed by atoms with Crippen molar-refractivity contribution in [2.45, 2.75) is 46.6 Å². The molecule has 0 saturated heterocycles. The summed E-state index contributed by atoms with van der Waals surface area (Å²) < 4.78 is 23.8. The van der Waals surface area contributed by atoms with E-state index in [1.807, 2.05) is 37.3 Å². The lowest BCUT2D eigenvalue weighted by Crippen LogP contribution is -2.30. The van der Waals surface area contributed by atoms with Crippen molar-refractivity contribution < 1.29 is 28.5 Å². The largest absolute Gasteiger partial charge is 0.458 e. The second-order valence-electron chi connectivity index (χ2n) is 11.7. The molecule has 0 unspecified atom stereocenters. The van der Waals surface area contributed by atoms with E-state index < -0.39 is 5.97 Å². The predicted octanol–water partition coefficient (Wildman–Crippen LogP) is 7.62. The first kappa shape index (κ1) is 36.1. The van der Waals surface area contributed by atoms with Crippen molar-refractivity contribution in [3.8, 4) is 11.5 Å². The molecule has 0 aliphatic heterocycles. The highest BCUT2D eigenvalue weighted by atomic mass is 35.5. The molecule has 260 valence electrons. The summed E-state index contributed by atoms with van der Waals surface area (Å²) in [6, 6.07) is 20.1. The van der Waals surface area contributed by atoms with Gasteiger partial charge in [-0.3, -0.25) is 9.59 Å². The van der Waals surface area contributed by atoms with Gasteiger partial charge in [0.05, 0.1) is 40.8 Å². The van der Waals surface area contributed by atoms with E-state index in [0.717, 1.165) is 33.7 Å². The summed E-state index contributed by atoms with van der Waals surface area (Å²) in [7, 11) is 3.15. The number of aromatic amines is 1. The SMILES string of the molecule is CCCNC(=O)c1cn(COC)c2ccccc2c1=O.COCc1c(C(=O)OC(C)C)ncc2[nH]c3cccc(Oc4ccc(Cl)cc4)c3c12. The van der Waals surface area contributed by atoms with Crippen molar-refractivity contribution in [2.24, 2.45) is 0 Å². The molecule has 12 heteroatoms. The zero-order valence-corrected chi connectivity index (χ0v) is 29.3. The molecular weight excluding hydrogens is 660 g/mol. The van der Waals surface area contributed by atoms with Gasteiger partial charge < -0.3 is 33.8 Å². The zero-order chi connectivity index (χ0) is 35.8. The smallest absolute Gasteiger partial charge is 0.357 e. The van der Waals surface area contributed by atoms with E-state index in [0.29, 0.717) is 34.0 Å². The number of hydrogen-bond donors (Lipinski definition) is 2. The number of pyridine rings is 2. The number of nitrogens with zero attached hydrogens (tertiary/aromatic N) is 2. The molecule has 6 aromatic rings. The van der Waals surface area contributed by atoms with E-state index in [1.165, 1.54) is 0 Å². The van der Waals surface area contributed by atoms with Crippen LogP contribution in [0.15, 0.2) is 83.9 Å². The molecule has 3 aromatic carbocycles. The number of H-pyrrole nitrogens is 1. The van der Waals surface area contributed by atoms with E-state index in [9.17, 15) is 14.4 Å². The average Bonchev–Trinajstić information content (AvgIpc) is 3.50. The highest BCUT2D eigenvalue weighted by Gasteiger charge is 2.23. The minimum Gasteiger partial charge on any atom is -0.458 e. The molecule has 11 nitrogen and oxygen atoms in total. The van der Waals surface area contributed by atoms with Crippen molar-refractivity contribution in [3.63, 3.8) is 0 Å². The third kappa shape index (κ3) is 7.97. The number of ether oxygens (including phenoxy) is 4. The van der Waals surface area contributed by atoms with Crippen LogP contribution in [-0.2, 0) is 27.5 Å². The number of rotatable bonds is 11. The number of carbonyl (C=O) groups is 2. The first-order valence-corrected chi connectivity index (χ1v) is 16.5. The quantitative estimate of drug-likeness (QED) is 0.132. The number of fused-ring (bicyclic) bond motifs is 4. The lowest BCUT2D eigenvalue weighted by Gasteiger charge is -2.13. The number of methoxy groups -OCH3 is 2. The normalized spacial score (nSPS) is 11.1. The Morgan fingerprint density at radius 2 is 1.72 bits per heavy atom. The number of esters is 1. The number of hydrogen-bond acceptors (Lipinski definition) is 8. The zero-order valence-electron chi connectivity index (χ0n) is 28.5. The Balaban J connectivity index is 0.000000211. The number of aromatic nitrogens is 3. The van der Waals surface area contributed by atoms with Crippen molar-refractivity contribution in [3.05, 3.63) is 111 Å². The Bertz CT molecular complexity index is 2190. The Hall–Kier alpha value is -5.23. The summed E-state index contributed by atoms with van der Waals surface area (Å²) >= 11 is 5.98. The van der Waals surface area contributed by atoms with Crippen molar-refractivity contribution in [1.29, 1.82) is 0 Å². The minimum absolute atomic E-state index is 0.147. The fraction of sp³-hybridized carbons (Fsp3) is 0.263.